The number of carbonyl (C=O) groups excluding carboxylic acids is 1. The van der Waals surface area contributed by atoms with Gasteiger partial charge in [0.25, 0.3) is 0 Å². The number of nitrogens with zero attached hydrogens (tertiary/aromatic N) is 1. The lowest BCUT2D eigenvalue weighted by Crippen LogP contribution is -2.36. The van der Waals surface area contributed by atoms with Crippen molar-refractivity contribution in [2.75, 3.05) is 13.2 Å². The lowest BCUT2D eigenvalue weighted by molar-refractivity contribution is 0.0947. The van der Waals surface area contributed by atoms with Crippen LogP contribution in [0.25, 0.3) is 10.8 Å². The van der Waals surface area contributed by atoms with Crippen molar-refractivity contribution in [3.63, 3.8) is 0 Å². The Morgan fingerprint density at radius 3 is 2.46 bits per heavy atom. The number of nitrogens with one attached hydrogen (secondary N) is 1. The first-order valence-electron chi connectivity index (χ1n) is 7.84. The van der Waals surface area contributed by atoms with E-state index in [0.717, 1.165) is 10.8 Å². The molecular weight excluding hydrogens is 308 g/mol. The summed E-state index contributed by atoms with van der Waals surface area (Å²) in [5, 5.41) is 16.9. The second-order valence-corrected chi connectivity index (χ2v) is 5.32. The molecule has 128 valence electrons. The Hall–Kier alpha value is -2.60. The van der Waals surface area contributed by atoms with Crippen molar-refractivity contribution < 1.29 is 19.4 Å². The molecule has 0 heterocycles. The molecule has 2 aromatic rings. The predicted molar refractivity (Wildman–Crippen MR) is 92.7 cm³/mol. The number of hydrogen-bond acceptors (Lipinski definition) is 5. The van der Waals surface area contributed by atoms with Gasteiger partial charge in [0, 0.05) is 0 Å². The minimum atomic E-state index is -1.50. The van der Waals surface area contributed by atoms with Crippen molar-refractivity contribution >= 4 is 22.8 Å². The van der Waals surface area contributed by atoms with Crippen molar-refractivity contribution in [3.8, 4) is 0 Å². The molecule has 6 heteroatoms. The van der Waals surface area contributed by atoms with Crippen molar-refractivity contribution in [3.05, 3.63) is 48.0 Å². The molecule has 0 spiro atoms. The molecule has 2 N–H and O–H groups in total. The van der Waals surface area contributed by atoms with Crippen LogP contribution >= 0.6 is 0 Å². The van der Waals surface area contributed by atoms with E-state index >= 15 is 0 Å². The number of ether oxygens (including phenoxy) is 2. The van der Waals surface area contributed by atoms with Crippen LogP contribution < -0.4 is 5.43 Å². The number of fused-ring (bicyclic) bond motifs is 1. The van der Waals surface area contributed by atoms with Crippen molar-refractivity contribution in [2.45, 2.75) is 26.4 Å². The zero-order chi connectivity index (χ0) is 17.6. The van der Waals surface area contributed by atoms with Gasteiger partial charge in [-0.3, -0.25) is 0 Å². The summed E-state index contributed by atoms with van der Waals surface area (Å²) >= 11 is 0. The fraction of sp³-hybridized carbons (Fsp3) is 0.333. The topological polar surface area (TPSA) is 80.2 Å². The van der Waals surface area contributed by atoms with E-state index in [1.54, 1.807) is 26.8 Å². The minimum Gasteiger partial charge on any atom is -0.478 e. The van der Waals surface area contributed by atoms with E-state index in [1.165, 1.54) is 0 Å². The van der Waals surface area contributed by atoms with Crippen LogP contribution in [0.5, 0.6) is 0 Å². The number of rotatable bonds is 5. The Bertz CT molecular complexity index is 741. The van der Waals surface area contributed by atoms with Crippen LogP contribution in [0.1, 0.15) is 26.3 Å². The first-order chi connectivity index (χ1) is 11.5. The van der Waals surface area contributed by atoms with Crippen LogP contribution in [0, 0.1) is 0 Å². The SMILES string of the molecule is CCOC(=O)N/N=C(/OCC)C(C)(O)c1ccc2ccccc2c1. The highest BCUT2D eigenvalue weighted by molar-refractivity contribution is 5.89. The molecule has 0 bridgehead atoms. The number of hydrogen-bond donors (Lipinski definition) is 2. The molecule has 2 rings (SSSR count). The Morgan fingerprint density at radius 1 is 1.12 bits per heavy atom. The molecule has 0 radical (unpaired) electrons. The van der Waals surface area contributed by atoms with Gasteiger partial charge in [-0.1, -0.05) is 36.4 Å². The van der Waals surface area contributed by atoms with Gasteiger partial charge in [-0.05, 0) is 43.2 Å². The Morgan fingerprint density at radius 2 is 1.79 bits per heavy atom. The first kappa shape index (κ1) is 17.7. The summed E-state index contributed by atoms with van der Waals surface area (Å²) in [6, 6.07) is 13.4. The van der Waals surface area contributed by atoms with E-state index in [1.807, 2.05) is 36.4 Å². The molecule has 6 nitrogen and oxygen atoms in total. The van der Waals surface area contributed by atoms with Gasteiger partial charge in [-0.15, -0.1) is 5.10 Å². The molecule has 0 saturated carbocycles. The standard InChI is InChI=1S/C18H22N2O4/c1-4-23-16(19-20-17(21)24-5-2)18(3,22)15-11-10-13-8-6-7-9-14(13)12-15/h6-12,22H,4-5H2,1-3H3,(H,20,21)/b19-16+. The molecular formula is C18H22N2O4. The van der Waals surface area contributed by atoms with Gasteiger partial charge >= 0.3 is 6.09 Å². The molecule has 2 aromatic carbocycles. The van der Waals surface area contributed by atoms with Crippen LogP contribution in [0.2, 0.25) is 0 Å². The fourth-order valence-corrected chi connectivity index (χ4v) is 2.29. The van der Waals surface area contributed by atoms with Gasteiger partial charge in [0.05, 0.1) is 13.2 Å². The second-order valence-electron chi connectivity index (χ2n) is 5.32. The van der Waals surface area contributed by atoms with E-state index in [9.17, 15) is 9.90 Å². The van der Waals surface area contributed by atoms with Gasteiger partial charge in [-0.25, -0.2) is 10.2 Å². The van der Waals surface area contributed by atoms with Crippen LogP contribution in [-0.4, -0.2) is 30.3 Å². The van der Waals surface area contributed by atoms with E-state index in [0.29, 0.717) is 12.2 Å². The monoisotopic (exact) mass is 330 g/mol. The Balaban J connectivity index is 2.34. The fourth-order valence-electron chi connectivity index (χ4n) is 2.29. The van der Waals surface area contributed by atoms with Crippen LogP contribution in [-0.2, 0) is 15.1 Å². The predicted octanol–water partition coefficient (Wildman–Crippen LogP) is 3.14. The lowest BCUT2D eigenvalue weighted by Gasteiger charge is -2.25. The molecule has 24 heavy (non-hydrogen) atoms. The Kier molecular flexibility index (Phi) is 5.76. The zero-order valence-electron chi connectivity index (χ0n) is 14.1. The lowest BCUT2D eigenvalue weighted by atomic mass is 9.93. The molecule has 0 aromatic heterocycles. The molecule has 0 aliphatic carbocycles. The Labute approximate surface area is 141 Å². The van der Waals surface area contributed by atoms with Gasteiger partial charge in [0.15, 0.2) is 5.60 Å². The van der Waals surface area contributed by atoms with E-state index in [2.05, 4.69) is 10.5 Å². The summed E-state index contributed by atoms with van der Waals surface area (Å²) in [5.41, 5.74) is 1.33. The summed E-state index contributed by atoms with van der Waals surface area (Å²) < 4.78 is 10.2. The zero-order valence-corrected chi connectivity index (χ0v) is 14.1. The largest absolute Gasteiger partial charge is 0.478 e. The van der Waals surface area contributed by atoms with Crippen LogP contribution in [0.3, 0.4) is 0 Å². The second kappa shape index (κ2) is 7.79. The van der Waals surface area contributed by atoms with Gasteiger partial charge in [0.1, 0.15) is 0 Å². The third-order valence-corrected chi connectivity index (χ3v) is 3.53. The van der Waals surface area contributed by atoms with Gasteiger partial charge < -0.3 is 14.6 Å². The van der Waals surface area contributed by atoms with Crippen molar-refractivity contribution in [2.24, 2.45) is 5.10 Å². The number of amides is 1. The summed E-state index contributed by atoms with van der Waals surface area (Å²) in [7, 11) is 0. The number of hydrazone groups is 1. The summed E-state index contributed by atoms with van der Waals surface area (Å²) in [5.74, 6) is -0.00617. The molecule has 1 amide bonds. The maximum atomic E-state index is 11.4. The summed E-state index contributed by atoms with van der Waals surface area (Å²) in [6.07, 6.45) is -0.705. The van der Waals surface area contributed by atoms with Crippen molar-refractivity contribution in [1.82, 2.24) is 5.43 Å². The highest BCUT2D eigenvalue weighted by Gasteiger charge is 2.32. The summed E-state index contributed by atoms with van der Waals surface area (Å²) in [6.45, 7) is 5.56. The van der Waals surface area contributed by atoms with E-state index < -0.39 is 11.7 Å². The number of aliphatic hydroxyl groups is 1. The maximum absolute atomic E-state index is 11.4. The highest BCUT2D eigenvalue weighted by atomic mass is 16.6. The quantitative estimate of drug-likeness (QED) is 0.501. The average molecular weight is 330 g/mol. The minimum absolute atomic E-state index is 0.00617. The van der Waals surface area contributed by atoms with Crippen LogP contribution in [0.15, 0.2) is 47.6 Å². The molecule has 0 saturated heterocycles. The number of benzene rings is 2. The summed E-state index contributed by atoms with van der Waals surface area (Å²) in [4.78, 5) is 11.4. The molecule has 0 fully saturated rings. The van der Waals surface area contributed by atoms with Gasteiger partial charge in [0.2, 0.25) is 5.90 Å². The van der Waals surface area contributed by atoms with E-state index in [4.69, 9.17) is 9.47 Å². The molecule has 0 aliphatic rings. The smallest absolute Gasteiger partial charge is 0.427 e. The first-order valence-corrected chi connectivity index (χ1v) is 7.84. The number of carbonyl (C=O) groups is 1. The average Bonchev–Trinajstić information content (AvgIpc) is 2.58. The van der Waals surface area contributed by atoms with Crippen molar-refractivity contribution in [1.29, 1.82) is 0 Å². The molecule has 0 aliphatic heterocycles. The molecule has 1 unspecified atom stereocenters. The third kappa shape index (κ3) is 4.02. The van der Waals surface area contributed by atoms with Gasteiger partial charge in [-0.2, -0.15) is 0 Å². The highest BCUT2D eigenvalue weighted by Crippen LogP contribution is 2.26. The normalized spacial score (nSPS) is 14.1. The maximum Gasteiger partial charge on any atom is 0.427 e. The van der Waals surface area contributed by atoms with E-state index in [-0.39, 0.29) is 12.5 Å². The third-order valence-electron chi connectivity index (χ3n) is 3.53. The molecule has 1 atom stereocenters. The van der Waals surface area contributed by atoms with Crippen LogP contribution in [0.4, 0.5) is 4.79 Å².